The molecular weight excluding hydrogens is 333 g/mol. The van der Waals surface area contributed by atoms with Gasteiger partial charge in [0, 0.05) is 13.1 Å². The van der Waals surface area contributed by atoms with Crippen LogP contribution in [0.2, 0.25) is 0 Å². The van der Waals surface area contributed by atoms with Crippen LogP contribution in [0.1, 0.15) is 25.8 Å². The van der Waals surface area contributed by atoms with Gasteiger partial charge < -0.3 is 15.4 Å². The molecule has 0 radical (unpaired) electrons. The van der Waals surface area contributed by atoms with Gasteiger partial charge in [0.25, 0.3) is 0 Å². The van der Waals surface area contributed by atoms with Gasteiger partial charge in [-0.25, -0.2) is 14.2 Å². The monoisotopic (exact) mass is 353 g/mol. The second-order valence-corrected chi connectivity index (χ2v) is 7.19. The number of carbonyl (C=O) groups is 1. The van der Waals surface area contributed by atoms with Crippen LogP contribution in [0.3, 0.4) is 0 Å². The molecule has 2 N–H and O–H groups in total. The van der Waals surface area contributed by atoms with Crippen molar-refractivity contribution < 1.29 is 13.9 Å². The van der Waals surface area contributed by atoms with Gasteiger partial charge in [0.2, 0.25) is 0 Å². The fourth-order valence-corrected chi connectivity index (χ4v) is 2.44. The molecule has 0 aliphatic rings. The van der Waals surface area contributed by atoms with Crippen molar-refractivity contribution in [2.75, 3.05) is 18.4 Å². The second kappa shape index (κ2) is 7.52. The van der Waals surface area contributed by atoms with Crippen LogP contribution in [0.15, 0.2) is 12.1 Å². The fourth-order valence-electron chi connectivity index (χ4n) is 1.75. The number of rotatable bonds is 5. The summed E-state index contributed by atoms with van der Waals surface area (Å²) in [5.41, 5.74) is -0.379. The standard InChI is InChI=1S/C15H20FN5O2S/c1-9-20-21-13(24-9)12-10(16)5-6-11(19-12)17-7-8-18-14(22)23-15(2,3)4/h5-6H,7-8H2,1-4H3,(H,17,19)(H,18,22). The van der Waals surface area contributed by atoms with E-state index in [1.807, 2.05) is 0 Å². The largest absolute Gasteiger partial charge is 0.444 e. The van der Waals surface area contributed by atoms with E-state index in [-0.39, 0.29) is 5.69 Å². The number of carbonyl (C=O) groups excluding carboxylic acids is 1. The summed E-state index contributed by atoms with van der Waals surface area (Å²) in [5.74, 6) is 0.0359. The van der Waals surface area contributed by atoms with Gasteiger partial charge in [-0.05, 0) is 39.8 Å². The van der Waals surface area contributed by atoms with Crippen LogP contribution in [0.25, 0.3) is 10.7 Å². The highest BCUT2D eigenvalue weighted by Gasteiger charge is 2.15. The van der Waals surface area contributed by atoms with Crippen molar-refractivity contribution in [2.24, 2.45) is 0 Å². The van der Waals surface area contributed by atoms with E-state index >= 15 is 0 Å². The van der Waals surface area contributed by atoms with Gasteiger partial charge in [-0.3, -0.25) is 0 Å². The van der Waals surface area contributed by atoms with E-state index < -0.39 is 17.5 Å². The van der Waals surface area contributed by atoms with Crippen molar-refractivity contribution in [2.45, 2.75) is 33.3 Å². The highest BCUT2D eigenvalue weighted by Crippen LogP contribution is 2.25. The number of anilines is 1. The molecule has 0 aromatic carbocycles. The maximum Gasteiger partial charge on any atom is 0.407 e. The van der Waals surface area contributed by atoms with Gasteiger partial charge in [-0.15, -0.1) is 10.2 Å². The normalized spacial score (nSPS) is 11.2. The first kappa shape index (κ1) is 18.1. The van der Waals surface area contributed by atoms with Crippen LogP contribution in [0.4, 0.5) is 15.0 Å². The Morgan fingerprint density at radius 3 is 2.67 bits per heavy atom. The van der Waals surface area contributed by atoms with Crippen molar-refractivity contribution >= 4 is 23.2 Å². The van der Waals surface area contributed by atoms with E-state index in [4.69, 9.17) is 4.74 Å². The Labute approximate surface area is 143 Å². The first-order valence-electron chi connectivity index (χ1n) is 7.42. The molecule has 2 aromatic rings. The van der Waals surface area contributed by atoms with E-state index in [1.165, 1.54) is 23.5 Å². The lowest BCUT2D eigenvalue weighted by molar-refractivity contribution is 0.0530. The SMILES string of the molecule is Cc1nnc(-c2nc(NCCNC(=O)OC(C)(C)C)ccc2F)s1. The molecule has 0 aliphatic heterocycles. The first-order valence-corrected chi connectivity index (χ1v) is 8.24. The highest BCUT2D eigenvalue weighted by molar-refractivity contribution is 7.14. The fraction of sp³-hybridized carbons (Fsp3) is 0.467. The Hall–Kier alpha value is -2.29. The number of alkyl carbamates (subject to hydrolysis) is 1. The average molecular weight is 353 g/mol. The maximum absolute atomic E-state index is 13.9. The van der Waals surface area contributed by atoms with Gasteiger partial charge in [-0.1, -0.05) is 11.3 Å². The summed E-state index contributed by atoms with van der Waals surface area (Å²) in [6, 6.07) is 2.85. The first-order chi connectivity index (χ1) is 11.2. The molecule has 0 bridgehead atoms. The predicted octanol–water partition coefficient (Wildman–Crippen LogP) is 2.98. The molecule has 0 unspecified atom stereocenters. The van der Waals surface area contributed by atoms with Gasteiger partial charge >= 0.3 is 6.09 Å². The number of pyridine rings is 1. The summed E-state index contributed by atoms with van der Waals surface area (Å²) < 4.78 is 19.0. The van der Waals surface area contributed by atoms with Crippen molar-refractivity contribution in [3.8, 4) is 10.7 Å². The number of nitrogens with one attached hydrogen (secondary N) is 2. The zero-order valence-corrected chi connectivity index (χ0v) is 14.8. The molecule has 0 atom stereocenters. The summed E-state index contributed by atoms with van der Waals surface area (Å²) in [6.07, 6.45) is -0.485. The summed E-state index contributed by atoms with van der Waals surface area (Å²) in [6.45, 7) is 7.95. The number of aryl methyl sites for hydroxylation is 1. The highest BCUT2D eigenvalue weighted by atomic mass is 32.1. The summed E-state index contributed by atoms with van der Waals surface area (Å²) >= 11 is 1.28. The Morgan fingerprint density at radius 1 is 1.29 bits per heavy atom. The molecule has 2 rings (SSSR count). The third-order valence-corrected chi connectivity index (χ3v) is 3.52. The number of ether oxygens (including phenoxy) is 1. The van der Waals surface area contributed by atoms with Gasteiger partial charge in [0.15, 0.2) is 10.8 Å². The molecule has 24 heavy (non-hydrogen) atoms. The van der Waals surface area contributed by atoms with Crippen molar-refractivity contribution in [1.82, 2.24) is 20.5 Å². The molecule has 0 aliphatic carbocycles. The van der Waals surface area contributed by atoms with Gasteiger partial charge in [-0.2, -0.15) is 0 Å². The minimum absolute atomic E-state index is 0.158. The molecule has 2 aromatic heterocycles. The Morgan fingerprint density at radius 2 is 2.04 bits per heavy atom. The molecule has 2 heterocycles. The molecule has 0 fully saturated rings. The molecule has 0 saturated carbocycles. The Kier molecular flexibility index (Phi) is 5.66. The zero-order chi connectivity index (χ0) is 17.7. The quantitative estimate of drug-likeness (QED) is 0.803. The molecule has 130 valence electrons. The van der Waals surface area contributed by atoms with Crippen LogP contribution in [-0.2, 0) is 4.74 Å². The van der Waals surface area contributed by atoms with Crippen molar-refractivity contribution in [3.05, 3.63) is 23.0 Å². The average Bonchev–Trinajstić information content (AvgIpc) is 2.89. The minimum atomic E-state index is -0.537. The Balaban J connectivity index is 1.89. The smallest absolute Gasteiger partial charge is 0.407 e. The molecule has 0 saturated heterocycles. The van der Waals surface area contributed by atoms with Crippen LogP contribution >= 0.6 is 11.3 Å². The summed E-state index contributed by atoms with van der Waals surface area (Å²) in [5, 5.41) is 14.6. The van der Waals surface area contributed by atoms with Gasteiger partial charge in [0.05, 0.1) is 0 Å². The number of hydrogen-bond acceptors (Lipinski definition) is 7. The van der Waals surface area contributed by atoms with E-state index in [1.54, 1.807) is 27.7 Å². The molecule has 7 nitrogen and oxygen atoms in total. The van der Waals surface area contributed by atoms with E-state index in [2.05, 4.69) is 25.8 Å². The predicted molar refractivity (Wildman–Crippen MR) is 90.6 cm³/mol. The molecule has 9 heteroatoms. The van der Waals surface area contributed by atoms with E-state index in [0.717, 1.165) is 5.01 Å². The molecule has 0 spiro atoms. The van der Waals surface area contributed by atoms with Crippen molar-refractivity contribution in [1.29, 1.82) is 0 Å². The van der Waals surface area contributed by atoms with E-state index in [0.29, 0.717) is 23.9 Å². The lowest BCUT2D eigenvalue weighted by Crippen LogP contribution is -2.35. The Bertz CT molecular complexity index is 714. The topological polar surface area (TPSA) is 89.0 Å². The number of aromatic nitrogens is 3. The molecule has 1 amide bonds. The van der Waals surface area contributed by atoms with E-state index in [9.17, 15) is 9.18 Å². The van der Waals surface area contributed by atoms with Gasteiger partial charge in [0.1, 0.15) is 22.1 Å². The number of amides is 1. The zero-order valence-electron chi connectivity index (χ0n) is 14.0. The third-order valence-electron chi connectivity index (χ3n) is 2.67. The summed E-state index contributed by atoms with van der Waals surface area (Å²) in [4.78, 5) is 15.7. The lowest BCUT2D eigenvalue weighted by atomic mass is 10.2. The van der Waals surface area contributed by atoms with Crippen LogP contribution in [0.5, 0.6) is 0 Å². The third kappa shape index (κ3) is 5.41. The van der Waals surface area contributed by atoms with Crippen LogP contribution < -0.4 is 10.6 Å². The maximum atomic E-state index is 13.9. The number of hydrogen-bond donors (Lipinski definition) is 2. The lowest BCUT2D eigenvalue weighted by Gasteiger charge is -2.19. The molecular formula is C15H20FN5O2S. The van der Waals surface area contributed by atoms with Crippen LogP contribution in [0, 0.1) is 12.7 Å². The minimum Gasteiger partial charge on any atom is -0.444 e. The second-order valence-electron chi connectivity index (χ2n) is 6.01. The number of halogens is 1. The van der Waals surface area contributed by atoms with Crippen molar-refractivity contribution in [3.63, 3.8) is 0 Å². The van der Waals surface area contributed by atoms with Crippen LogP contribution in [-0.4, -0.2) is 40.0 Å². The summed E-state index contributed by atoms with van der Waals surface area (Å²) in [7, 11) is 0. The number of nitrogens with zero attached hydrogens (tertiary/aromatic N) is 3.